The maximum Gasteiger partial charge on any atom is 0.335 e. The van der Waals surface area contributed by atoms with E-state index in [1.54, 1.807) is 13.0 Å². The van der Waals surface area contributed by atoms with Crippen LogP contribution in [0.1, 0.15) is 102 Å². The number of aromatic hydroxyl groups is 1. The minimum absolute atomic E-state index is 0.0122. The standard InChI is InChI=1S/C42H59NO16/c1-20-33(43-21(2)44)37(58-41-36(51)35(50)38(54-4)39(59-41)40(52)53)34(49)29(56-20)19-55-31(47)7-5-6-23(45)10-15-32(48)57-30-14-13-28-27-11-8-22-18-24(46)9-12-25(22)26(27)16-17-42(28,30)3/h9,12,18,20,26-30,33-39,41,46,49-51H,5-8,10-11,13-17,19H2,1-4H3,(H,43,44)(H,52,53)/t20?,26-,27-,28+,29?,30+,33?,34?,35?,36?,37?,38?,39?,41?,42+/m1/s1. The number of carboxylic acid groups (broad SMARTS) is 1. The Morgan fingerprint density at radius 2 is 1.68 bits per heavy atom. The third kappa shape index (κ3) is 9.77. The number of carbonyl (C=O) groups is 5. The number of hydrogen-bond donors (Lipinski definition) is 6. The molecule has 1 aromatic rings. The third-order valence-corrected chi connectivity index (χ3v) is 13.4. The predicted molar refractivity (Wildman–Crippen MR) is 204 cm³/mol. The molecule has 6 N–H and O–H groups in total. The van der Waals surface area contributed by atoms with Gasteiger partial charge in [-0.25, -0.2) is 4.79 Å². The molecule has 0 bridgehead atoms. The van der Waals surface area contributed by atoms with Crippen molar-refractivity contribution in [1.29, 1.82) is 0 Å². The molecule has 2 saturated carbocycles. The van der Waals surface area contributed by atoms with Gasteiger partial charge in [0.2, 0.25) is 5.91 Å². The summed E-state index contributed by atoms with van der Waals surface area (Å²) in [5, 5.41) is 54.7. The molecule has 1 aromatic carbocycles. The number of ketones is 1. The van der Waals surface area contributed by atoms with E-state index in [-0.39, 0.29) is 49.4 Å². The number of phenols is 1. The number of fused-ring (bicyclic) bond motifs is 5. The van der Waals surface area contributed by atoms with E-state index in [0.29, 0.717) is 23.5 Å². The van der Waals surface area contributed by atoms with Crippen LogP contribution in [0.25, 0.3) is 0 Å². The molecule has 2 aliphatic heterocycles. The molecule has 3 aliphatic carbocycles. The summed E-state index contributed by atoms with van der Waals surface area (Å²) in [6.07, 6.45) is -7.93. The number of ether oxygens (including phenoxy) is 6. The van der Waals surface area contributed by atoms with Crippen LogP contribution >= 0.6 is 0 Å². The molecule has 10 unspecified atom stereocenters. The van der Waals surface area contributed by atoms with Crippen molar-refractivity contribution in [3.63, 3.8) is 0 Å². The van der Waals surface area contributed by atoms with Crippen molar-refractivity contribution < 1.29 is 77.9 Å². The summed E-state index contributed by atoms with van der Waals surface area (Å²) < 4.78 is 33.5. The number of esters is 2. The Morgan fingerprint density at radius 3 is 2.39 bits per heavy atom. The molecule has 0 spiro atoms. The van der Waals surface area contributed by atoms with Gasteiger partial charge in [-0.05, 0) is 92.9 Å². The highest BCUT2D eigenvalue weighted by Crippen LogP contribution is 2.61. The number of aliphatic carboxylic acids is 1. The molecule has 2 heterocycles. The van der Waals surface area contributed by atoms with E-state index in [4.69, 9.17) is 28.4 Å². The first-order valence-electron chi connectivity index (χ1n) is 20.7. The van der Waals surface area contributed by atoms with Gasteiger partial charge >= 0.3 is 17.9 Å². The van der Waals surface area contributed by atoms with Crippen LogP contribution in [-0.2, 0) is 58.8 Å². The van der Waals surface area contributed by atoms with Gasteiger partial charge in [0, 0.05) is 38.7 Å². The Hall–Kier alpha value is -3.71. The molecule has 1 amide bonds. The number of carboxylic acids is 1. The summed E-state index contributed by atoms with van der Waals surface area (Å²) in [5.74, 6) is -1.58. The number of Topliss-reactive ketones (excluding diaryl/α,β-unsaturated/α-hetero) is 1. The molecule has 5 aliphatic rings. The van der Waals surface area contributed by atoms with Gasteiger partial charge in [-0.3, -0.25) is 19.2 Å². The normalized spacial score (nSPS) is 37.6. The second kappa shape index (κ2) is 18.9. The van der Waals surface area contributed by atoms with Gasteiger partial charge < -0.3 is 59.3 Å². The SMILES string of the molecule is COC1C(C(=O)O)OC(OC2C(O)C(COC(=O)CCCC(=O)CCC(=O)O[C@H]3CC[C@H]4[C@@H]5CCc6cc(O)ccc6[C@H]5CC[C@]34C)OC(C)C2NC(C)=O)C(O)C1O. The number of benzene rings is 1. The van der Waals surface area contributed by atoms with E-state index in [9.17, 15) is 49.5 Å². The van der Waals surface area contributed by atoms with Crippen LogP contribution in [0.4, 0.5) is 0 Å². The molecule has 0 radical (unpaired) electrons. The van der Waals surface area contributed by atoms with Crippen LogP contribution in [-0.4, -0.2) is 136 Å². The van der Waals surface area contributed by atoms with Crippen molar-refractivity contribution in [2.75, 3.05) is 13.7 Å². The van der Waals surface area contributed by atoms with Gasteiger partial charge in [0.15, 0.2) is 12.4 Å². The van der Waals surface area contributed by atoms with E-state index in [1.165, 1.54) is 18.1 Å². The molecule has 59 heavy (non-hydrogen) atoms. The van der Waals surface area contributed by atoms with E-state index >= 15 is 0 Å². The number of methoxy groups -OCH3 is 1. The number of carbonyl (C=O) groups excluding carboxylic acids is 4. The molecule has 17 nitrogen and oxygen atoms in total. The van der Waals surface area contributed by atoms with Gasteiger partial charge in [0.1, 0.15) is 60.9 Å². The maximum absolute atomic E-state index is 13.0. The van der Waals surface area contributed by atoms with Crippen LogP contribution in [0.3, 0.4) is 0 Å². The van der Waals surface area contributed by atoms with Gasteiger partial charge in [-0.1, -0.05) is 13.0 Å². The first-order valence-corrected chi connectivity index (χ1v) is 20.7. The zero-order chi connectivity index (χ0) is 42.8. The van der Waals surface area contributed by atoms with Gasteiger partial charge in [0.05, 0.1) is 18.6 Å². The highest BCUT2D eigenvalue weighted by atomic mass is 16.7. The summed E-state index contributed by atoms with van der Waals surface area (Å²) in [6, 6.07) is 4.71. The fraction of sp³-hybridized carbons (Fsp3) is 0.738. The number of aryl methyl sites for hydroxylation is 1. The van der Waals surface area contributed by atoms with Crippen LogP contribution in [0.2, 0.25) is 0 Å². The smallest absolute Gasteiger partial charge is 0.335 e. The fourth-order valence-corrected chi connectivity index (χ4v) is 10.4. The van der Waals surface area contributed by atoms with Crippen LogP contribution in [0.5, 0.6) is 5.75 Å². The summed E-state index contributed by atoms with van der Waals surface area (Å²) in [7, 11) is 1.14. The molecular formula is C42H59NO16. The van der Waals surface area contributed by atoms with Crippen LogP contribution in [0.15, 0.2) is 18.2 Å². The van der Waals surface area contributed by atoms with Crippen molar-refractivity contribution in [2.45, 2.75) is 165 Å². The largest absolute Gasteiger partial charge is 0.508 e. The minimum Gasteiger partial charge on any atom is -0.508 e. The molecular weight excluding hydrogens is 774 g/mol. The molecule has 4 fully saturated rings. The molecule has 17 heteroatoms. The number of aliphatic hydroxyl groups excluding tert-OH is 3. The number of hydrogen-bond acceptors (Lipinski definition) is 15. The lowest BCUT2D eigenvalue weighted by molar-refractivity contribution is -0.327. The molecule has 6 rings (SSSR count). The lowest BCUT2D eigenvalue weighted by Gasteiger charge is -2.50. The first-order chi connectivity index (χ1) is 28.0. The zero-order valence-electron chi connectivity index (χ0n) is 34.0. The van der Waals surface area contributed by atoms with Gasteiger partial charge in [-0.15, -0.1) is 0 Å². The number of aliphatic hydroxyl groups is 3. The molecule has 328 valence electrons. The Balaban J connectivity index is 0.930. The maximum atomic E-state index is 13.0. The first kappa shape index (κ1) is 44.8. The number of nitrogens with one attached hydrogen (secondary N) is 1. The van der Waals surface area contributed by atoms with Crippen molar-refractivity contribution >= 4 is 29.6 Å². The Labute approximate surface area is 343 Å². The van der Waals surface area contributed by atoms with E-state index in [0.717, 1.165) is 45.6 Å². The summed E-state index contributed by atoms with van der Waals surface area (Å²) >= 11 is 0. The Kier molecular flexibility index (Phi) is 14.4. The average Bonchev–Trinajstić information content (AvgIpc) is 3.52. The zero-order valence-corrected chi connectivity index (χ0v) is 34.0. The van der Waals surface area contributed by atoms with Crippen LogP contribution in [0, 0.1) is 17.3 Å². The van der Waals surface area contributed by atoms with Crippen molar-refractivity contribution in [3.05, 3.63) is 29.3 Å². The molecule has 0 aromatic heterocycles. The highest BCUT2D eigenvalue weighted by Gasteiger charge is 2.57. The van der Waals surface area contributed by atoms with Crippen molar-refractivity contribution in [2.24, 2.45) is 17.3 Å². The molecule has 15 atom stereocenters. The fourth-order valence-electron chi connectivity index (χ4n) is 10.4. The van der Waals surface area contributed by atoms with Crippen LogP contribution < -0.4 is 5.32 Å². The quantitative estimate of drug-likeness (QED) is 0.138. The second-order valence-electron chi connectivity index (χ2n) is 17.1. The second-order valence-corrected chi connectivity index (χ2v) is 17.1. The van der Waals surface area contributed by atoms with Gasteiger partial charge in [0.25, 0.3) is 0 Å². The topological polar surface area (TPSA) is 254 Å². The predicted octanol–water partition coefficient (Wildman–Crippen LogP) is 1.81. The van der Waals surface area contributed by atoms with E-state index in [2.05, 4.69) is 18.3 Å². The Morgan fingerprint density at radius 1 is 0.915 bits per heavy atom. The molecule has 2 saturated heterocycles. The third-order valence-electron chi connectivity index (χ3n) is 13.4. The van der Waals surface area contributed by atoms with E-state index in [1.807, 2.05) is 6.07 Å². The summed E-state index contributed by atoms with van der Waals surface area (Å²) in [5.41, 5.74) is 2.45. The Bertz CT molecular complexity index is 1710. The lowest BCUT2D eigenvalue weighted by Crippen LogP contribution is -2.67. The number of phenolic OH excluding ortho intramolecular Hbond substituents is 1. The van der Waals surface area contributed by atoms with Gasteiger partial charge in [-0.2, -0.15) is 0 Å². The highest BCUT2D eigenvalue weighted by molar-refractivity contribution is 5.83. The minimum atomic E-state index is -1.80. The van der Waals surface area contributed by atoms with Crippen molar-refractivity contribution in [1.82, 2.24) is 5.32 Å². The lowest BCUT2D eigenvalue weighted by atomic mass is 9.55. The number of amides is 1. The van der Waals surface area contributed by atoms with Crippen molar-refractivity contribution in [3.8, 4) is 5.75 Å². The number of rotatable bonds is 15. The summed E-state index contributed by atoms with van der Waals surface area (Å²) in [4.78, 5) is 62.2. The monoisotopic (exact) mass is 833 g/mol. The summed E-state index contributed by atoms with van der Waals surface area (Å²) in [6.45, 7) is 4.58. The van der Waals surface area contributed by atoms with E-state index < -0.39 is 91.6 Å². The average molecular weight is 834 g/mol.